The summed E-state index contributed by atoms with van der Waals surface area (Å²) in [5, 5.41) is 0. The molecule has 1 aromatic heterocycles. The molecular weight excluding hydrogens is 369 g/mol. The van der Waals surface area contributed by atoms with E-state index >= 15 is 0 Å². The second-order valence-corrected chi connectivity index (χ2v) is 7.26. The molecule has 1 atom stereocenters. The molecule has 1 unspecified atom stereocenters. The lowest BCUT2D eigenvalue weighted by molar-refractivity contribution is 0.0495. The van der Waals surface area contributed by atoms with Crippen LogP contribution in [0.2, 0.25) is 0 Å². The van der Waals surface area contributed by atoms with E-state index in [2.05, 4.69) is 17.1 Å². The number of hydrogen-bond acceptors (Lipinski definition) is 3. The molecule has 0 bridgehead atoms. The van der Waals surface area contributed by atoms with Crippen LogP contribution in [-0.4, -0.2) is 39.6 Å². The largest absolute Gasteiger partial charge is 0.376 e. The molecule has 4 rings (SSSR count). The maximum atomic E-state index is 14.3. The van der Waals surface area contributed by atoms with Crippen LogP contribution in [0.4, 0.5) is 4.39 Å². The van der Waals surface area contributed by atoms with E-state index in [0.717, 1.165) is 24.2 Å². The van der Waals surface area contributed by atoms with Crippen LogP contribution in [0.3, 0.4) is 0 Å². The second kappa shape index (κ2) is 9.01. The first-order valence-electron chi connectivity index (χ1n) is 9.90. The van der Waals surface area contributed by atoms with E-state index in [1.54, 1.807) is 23.2 Å². The molecule has 29 heavy (non-hydrogen) atoms. The number of imidazole rings is 1. The average molecular weight is 393 g/mol. The third-order valence-electron chi connectivity index (χ3n) is 5.17. The van der Waals surface area contributed by atoms with E-state index in [-0.39, 0.29) is 17.6 Å². The van der Waals surface area contributed by atoms with Gasteiger partial charge in [0, 0.05) is 32.1 Å². The number of halogens is 1. The van der Waals surface area contributed by atoms with Crippen LogP contribution < -0.4 is 0 Å². The Labute approximate surface area is 169 Å². The van der Waals surface area contributed by atoms with E-state index in [4.69, 9.17) is 4.74 Å². The Morgan fingerprint density at radius 2 is 1.97 bits per heavy atom. The topological polar surface area (TPSA) is 47.4 Å². The summed E-state index contributed by atoms with van der Waals surface area (Å²) in [5.41, 5.74) is 1.23. The zero-order chi connectivity index (χ0) is 20.1. The number of benzene rings is 2. The SMILES string of the molecule is O=C(c1ccccc1F)N(Cc1nccn1Cc1ccccc1)CC1CCCO1. The van der Waals surface area contributed by atoms with Gasteiger partial charge in [-0.3, -0.25) is 4.79 Å². The van der Waals surface area contributed by atoms with Crippen LogP contribution in [0.5, 0.6) is 0 Å². The van der Waals surface area contributed by atoms with E-state index in [1.807, 2.05) is 29.0 Å². The molecule has 1 aliphatic heterocycles. The summed E-state index contributed by atoms with van der Waals surface area (Å²) in [6, 6.07) is 16.2. The molecule has 1 aliphatic rings. The molecule has 0 radical (unpaired) electrons. The van der Waals surface area contributed by atoms with Crippen molar-refractivity contribution in [2.45, 2.75) is 32.0 Å². The molecule has 2 aromatic carbocycles. The predicted octanol–water partition coefficient (Wildman–Crippen LogP) is 3.89. The van der Waals surface area contributed by atoms with Gasteiger partial charge in [-0.2, -0.15) is 0 Å². The second-order valence-electron chi connectivity index (χ2n) is 7.26. The van der Waals surface area contributed by atoms with Crippen molar-refractivity contribution < 1.29 is 13.9 Å². The highest BCUT2D eigenvalue weighted by Gasteiger charge is 2.26. The fourth-order valence-corrected chi connectivity index (χ4v) is 3.64. The van der Waals surface area contributed by atoms with E-state index in [0.29, 0.717) is 26.2 Å². The first-order chi connectivity index (χ1) is 14.2. The number of carbonyl (C=O) groups is 1. The van der Waals surface area contributed by atoms with Crippen molar-refractivity contribution in [1.82, 2.24) is 14.5 Å². The fourth-order valence-electron chi connectivity index (χ4n) is 3.64. The Morgan fingerprint density at radius 3 is 2.72 bits per heavy atom. The standard InChI is InChI=1S/C23H24FN3O2/c24-21-11-5-4-10-20(21)23(28)27(16-19-9-6-14-29-19)17-22-25-12-13-26(22)15-18-7-2-1-3-8-18/h1-5,7-8,10-13,19H,6,9,14-17H2. The lowest BCUT2D eigenvalue weighted by Gasteiger charge is -2.26. The highest BCUT2D eigenvalue weighted by atomic mass is 19.1. The molecule has 150 valence electrons. The summed E-state index contributed by atoms with van der Waals surface area (Å²) in [6.07, 6.45) is 5.49. The molecule has 6 heteroatoms. The summed E-state index contributed by atoms with van der Waals surface area (Å²) in [7, 11) is 0. The summed E-state index contributed by atoms with van der Waals surface area (Å²) in [4.78, 5) is 19.3. The highest BCUT2D eigenvalue weighted by molar-refractivity contribution is 5.94. The Hall–Kier alpha value is -2.99. The zero-order valence-corrected chi connectivity index (χ0v) is 16.2. The molecule has 3 aromatic rings. The van der Waals surface area contributed by atoms with Gasteiger partial charge in [-0.05, 0) is 30.5 Å². The lowest BCUT2D eigenvalue weighted by Crippen LogP contribution is -2.38. The van der Waals surface area contributed by atoms with Gasteiger partial charge in [0.2, 0.25) is 0 Å². The smallest absolute Gasteiger partial charge is 0.257 e. The molecular formula is C23H24FN3O2. The number of ether oxygens (including phenoxy) is 1. The van der Waals surface area contributed by atoms with Crippen LogP contribution in [0, 0.1) is 5.82 Å². The van der Waals surface area contributed by atoms with Gasteiger partial charge in [-0.25, -0.2) is 9.37 Å². The zero-order valence-electron chi connectivity index (χ0n) is 16.2. The summed E-state index contributed by atoms with van der Waals surface area (Å²) in [5.74, 6) is -0.0909. The average Bonchev–Trinajstić information content (AvgIpc) is 3.41. The van der Waals surface area contributed by atoms with Gasteiger partial charge < -0.3 is 14.2 Å². The third kappa shape index (κ3) is 4.71. The number of nitrogens with zero attached hydrogens (tertiary/aromatic N) is 3. The number of amides is 1. The number of carbonyl (C=O) groups excluding carboxylic acids is 1. The quantitative estimate of drug-likeness (QED) is 0.612. The number of aromatic nitrogens is 2. The van der Waals surface area contributed by atoms with Crippen molar-refractivity contribution in [3.05, 3.63) is 89.8 Å². The molecule has 0 N–H and O–H groups in total. The van der Waals surface area contributed by atoms with Crippen LogP contribution in [0.1, 0.15) is 34.6 Å². The normalized spacial score (nSPS) is 16.1. The lowest BCUT2D eigenvalue weighted by atomic mass is 10.1. The van der Waals surface area contributed by atoms with Crippen molar-refractivity contribution >= 4 is 5.91 Å². The van der Waals surface area contributed by atoms with Crippen molar-refractivity contribution in [2.24, 2.45) is 0 Å². The first-order valence-corrected chi connectivity index (χ1v) is 9.90. The van der Waals surface area contributed by atoms with Crippen LogP contribution in [-0.2, 0) is 17.8 Å². The predicted molar refractivity (Wildman–Crippen MR) is 108 cm³/mol. The van der Waals surface area contributed by atoms with Crippen LogP contribution in [0.25, 0.3) is 0 Å². The third-order valence-corrected chi connectivity index (χ3v) is 5.17. The molecule has 1 saturated heterocycles. The Morgan fingerprint density at radius 1 is 1.17 bits per heavy atom. The molecule has 0 saturated carbocycles. The maximum absolute atomic E-state index is 14.3. The molecule has 5 nitrogen and oxygen atoms in total. The highest BCUT2D eigenvalue weighted by Crippen LogP contribution is 2.18. The molecule has 0 aliphatic carbocycles. The van der Waals surface area contributed by atoms with Gasteiger partial charge >= 0.3 is 0 Å². The molecule has 1 fully saturated rings. The monoisotopic (exact) mass is 393 g/mol. The van der Waals surface area contributed by atoms with E-state index in [1.165, 1.54) is 12.1 Å². The molecule has 2 heterocycles. The minimum atomic E-state index is -0.512. The van der Waals surface area contributed by atoms with Gasteiger partial charge in [-0.1, -0.05) is 42.5 Å². The minimum absolute atomic E-state index is 0.0248. The molecule has 1 amide bonds. The summed E-state index contributed by atoms with van der Waals surface area (Å²) in [6.45, 7) is 2.09. The van der Waals surface area contributed by atoms with Crippen molar-refractivity contribution in [3.63, 3.8) is 0 Å². The maximum Gasteiger partial charge on any atom is 0.257 e. The Kier molecular flexibility index (Phi) is 6.00. The van der Waals surface area contributed by atoms with Crippen molar-refractivity contribution in [1.29, 1.82) is 0 Å². The number of rotatable bonds is 7. The fraction of sp³-hybridized carbons (Fsp3) is 0.304. The van der Waals surface area contributed by atoms with Gasteiger partial charge in [0.05, 0.1) is 18.2 Å². The van der Waals surface area contributed by atoms with E-state index in [9.17, 15) is 9.18 Å². The Bertz CT molecular complexity index is 952. The van der Waals surface area contributed by atoms with Crippen LogP contribution >= 0.6 is 0 Å². The van der Waals surface area contributed by atoms with Crippen molar-refractivity contribution in [2.75, 3.05) is 13.2 Å². The van der Waals surface area contributed by atoms with Crippen molar-refractivity contribution in [3.8, 4) is 0 Å². The minimum Gasteiger partial charge on any atom is -0.376 e. The van der Waals surface area contributed by atoms with Gasteiger partial charge in [0.1, 0.15) is 11.6 Å². The van der Waals surface area contributed by atoms with E-state index < -0.39 is 5.82 Å². The van der Waals surface area contributed by atoms with Gasteiger partial charge in [-0.15, -0.1) is 0 Å². The van der Waals surface area contributed by atoms with Gasteiger partial charge in [0.25, 0.3) is 5.91 Å². The first kappa shape index (κ1) is 19.3. The summed E-state index contributed by atoms with van der Waals surface area (Å²) < 4.78 is 22.0. The van der Waals surface area contributed by atoms with Gasteiger partial charge in [0.15, 0.2) is 0 Å². The summed E-state index contributed by atoms with van der Waals surface area (Å²) >= 11 is 0. The van der Waals surface area contributed by atoms with Crippen LogP contribution in [0.15, 0.2) is 67.0 Å². The number of hydrogen-bond donors (Lipinski definition) is 0. The Balaban J connectivity index is 1.56. The molecule has 0 spiro atoms.